The van der Waals surface area contributed by atoms with Crippen LogP contribution in [0.5, 0.6) is 0 Å². The standard InChI is InChI=1S/C14H19ClN2O2S/c1-20(18,19)17-6-4-12-10(9-17)7-11(15)8-13(12)14-3-2-5-16-14/h7-8,14,16H,2-6,9H2,1H3/t14-/m0/s1. The predicted molar refractivity (Wildman–Crippen MR) is 80.4 cm³/mol. The summed E-state index contributed by atoms with van der Waals surface area (Å²) in [6, 6.07) is 4.32. The topological polar surface area (TPSA) is 49.4 Å². The molecule has 1 aromatic carbocycles. The summed E-state index contributed by atoms with van der Waals surface area (Å²) in [6.45, 7) is 2.04. The summed E-state index contributed by atoms with van der Waals surface area (Å²) in [5, 5.41) is 4.20. The highest BCUT2D eigenvalue weighted by atomic mass is 35.5. The Morgan fingerprint density at radius 1 is 1.40 bits per heavy atom. The van der Waals surface area contributed by atoms with Gasteiger partial charge in [0, 0.05) is 24.2 Å². The molecule has 2 aliphatic heterocycles. The molecule has 110 valence electrons. The molecule has 6 heteroatoms. The Bertz CT molecular complexity index is 624. The Morgan fingerprint density at radius 3 is 2.85 bits per heavy atom. The van der Waals surface area contributed by atoms with E-state index in [1.54, 1.807) is 0 Å². The second-order valence-electron chi connectivity index (χ2n) is 5.63. The maximum Gasteiger partial charge on any atom is 0.211 e. The van der Waals surface area contributed by atoms with Crippen LogP contribution in [0.15, 0.2) is 12.1 Å². The summed E-state index contributed by atoms with van der Waals surface area (Å²) in [7, 11) is -3.14. The Labute approximate surface area is 125 Å². The van der Waals surface area contributed by atoms with E-state index in [2.05, 4.69) is 5.32 Å². The van der Waals surface area contributed by atoms with Crippen LogP contribution >= 0.6 is 11.6 Å². The van der Waals surface area contributed by atoms with Gasteiger partial charge in [-0.3, -0.25) is 0 Å². The second kappa shape index (κ2) is 5.30. The van der Waals surface area contributed by atoms with E-state index in [1.165, 1.54) is 28.1 Å². The summed E-state index contributed by atoms with van der Waals surface area (Å²) >= 11 is 6.23. The molecule has 0 radical (unpaired) electrons. The first-order valence-electron chi connectivity index (χ1n) is 6.95. The van der Waals surface area contributed by atoms with Gasteiger partial charge in [-0.15, -0.1) is 0 Å². The smallest absolute Gasteiger partial charge is 0.211 e. The molecule has 4 nitrogen and oxygen atoms in total. The zero-order valence-electron chi connectivity index (χ0n) is 11.5. The van der Waals surface area contributed by atoms with Gasteiger partial charge in [-0.25, -0.2) is 8.42 Å². The monoisotopic (exact) mass is 314 g/mol. The average Bonchev–Trinajstić information content (AvgIpc) is 2.89. The average molecular weight is 315 g/mol. The third-order valence-corrected chi connectivity index (χ3v) is 5.67. The number of hydrogen-bond acceptors (Lipinski definition) is 3. The molecule has 0 spiro atoms. The molecular weight excluding hydrogens is 296 g/mol. The van der Waals surface area contributed by atoms with Crippen molar-refractivity contribution in [2.45, 2.75) is 31.8 Å². The highest BCUT2D eigenvalue weighted by Crippen LogP contribution is 2.34. The van der Waals surface area contributed by atoms with Gasteiger partial charge in [0.05, 0.1) is 6.26 Å². The molecule has 1 fully saturated rings. The van der Waals surface area contributed by atoms with Crippen LogP contribution in [0.4, 0.5) is 0 Å². The first kappa shape index (κ1) is 14.3. The second-order valence-corrected chi connectivity index (χ2v) is 8.05. The summed E-state index contributed by atoms with van der Waals surface area (Å²) in [5.41, 5.74) is 3.60. The maximum absolute atomic E-state index is 11.7. The van der Waals surface area contributed by atoms with Crippen molar-refractivity contribution < 1.29 is 8.42 Å². The summed E-state index contributed by atoms with van der Waals surface area (Å²) in [4.78, 5) is 0. The highest BCUT2D eigenvalue weighted by Gasteiger charge is 2.28. The molecule has 0 aromatic heterocycles. The van der Waals surface area contributed by atoms with Crippen molar-refractivity contribution in [3.63, 3.8) is 0 Å². The normalized spacial score (nSPS) is 23.8. The number of rotatable bonds is 2. The van der Waals surface area contributed by atoms with Gasteiger partial charge in [-0.1, -0.05) is 11.6 Å². The number of nitrogens with zero attached hydrogens (tertiary/aromatic N) is 1. The van der Waals surface area contributed by atoms with E-state index in [9.17, 15) is 8.42 Å². The van der Waals surface area contributed by atoms with Gasteiger partial charge >= 0.3 is 0 Å². The zero-order chi connectivity index (χ0) is 14.3. The minimum Gasteiger partial charge on any atom is -0.310 e. The molecule has 1 atom stereocenters. The summed E-state index contributed by atoms with van der Waals surface area (Å²) < 4.78 is 24.9. The number of nitrogens with one attached hydrogen (secondary N) is 1. The SMILES string of the molecule is CS(=O)(=O)N1CCc2c(cc(Cl)cc2[C@@H]2CCCN2)C1. The molecule has 20 heavy (non-hydrogen) atoms. The molecule has 3 rings (SSSR count). The van der Waals surface area contributed by atoms with Crippen molar-refractivity contribution in [3.8, 4) is 0 Å². The lowest BCUT2D eigenvalue weighted by Gasteiger charge is -2.30. The molecule has 0 bridgehead atoms. The number of halogens is 1. The Morgan fingerprint density at radius 2 is 2.20 bits per heavy atom. The van der Waals surface area contributed by atoms with E-state index in [-0.39, 0.29) is 0 Å². The van der Waals surface area contributed by atoms with Gasteiger partial charge in [0.15, 0.2) is 0 Å². The van der Waals surface area contributed by atoms with Crippen molar-refractivity contribution in [1.29, 1.82) is 0 Å². The van der Waals surface area contributed by atoms with Crippen LogP contribution in [0.2, 0.25) is 5.02 Å². The van der Waals surface area contributed by atoms with Crippen LogP contribution in [0, 0.1) is 0 Å². The van der Waals surface area contributed by atoms with Gasteiger partial charge in [0.2, 0.25) is 10.0 Å². The van der Waals surface area contributed by atoms with Crippen molar-refractivity contribution >= 4 is 21.6 Å². The molecule has 0 aliphatic carbocycles. The van der Waals surface area contributed by atoms with Crippen LogP contribution in [-0.4, -0.2) is 32.1 Å². The van der Waals surface area contributed by atoms with E-state index in [1.807, 2.05) is 12.1 Å². The maximum atomic E-state index is 11.7. The molecule has 2 aliphatic rings. The van der Waals surface area contributed by atoms with Gasteiger partial charge in [0.25, 0.3) is 0 Å². The fourth-order valence-electron chi connectivity index (χ4n) is 3.21. The van der Waals surface area contributed by atoms with Crippen molar-refractivity contribution in [2.24, 2.45) is 0 Å². The van der Waals surface area contributed by atoms with Gasteiger partial charge in [-0.2, -0.15) is 4.31 Å². The highest BCUT2D eigenvalue weighted by molar-refractivity contribution is 7.88. The van der Waals surface area contributed by atoms with Crippen LogP contribution in [-0.2, 0) is 23.0 Å². The van der Waals surface area contributed by atoms with E-state index < -0.39 is 10.0 Å². The lowest BCUT2D eigenvalue weighted by molar-refractivity contribution is 0.392. The third kappa shape index (κ3) is 2.72. The van der Waals surface area contributed by atoms with E-state index in [4.69, 9.17) is 11.6 Å². The Hall–Kier alpha value is -0.620. The van der Waals surface area contributed by atoms with E-state index in [0.717, 1.165) is 24.9 Å². The zero-order valence-corrected chi connectivity index (χ0v) is 13.1. The predicted octanol–water partition coefficient (Wildman–Crippen LogP) is 2.08. The van der Waals surface area contributed by atoms with Crippen molar-refractivity contribution in [1.82, 2.24) is 9.62 Å². The minimum absolute atomic E-state index is 0.368. The number of hydrogen-bond donors (Lipinski definition) is 1. The van der Waals surface area contributed by atoms with E-state index in [0.29, 0.717) is 24.2 Å². The minimum atomic E-state index is -3.14. The number of fused-ring (bicyclic) bond motifs is 1. The van der Waals surface area contributed by atoms with Crippen LogP contribution in [0.25, 0.3) is 0 Å². The Kier molecular flexibility index (Phi) is 3.79. The lowest BCUT2D eigenvalue weighted by atomic mass is 9.91. The first-order valence-corrected chi connectivity index (χ1v) is 9.17. The fourth-order valence-corrected chi connectivity index (χ4v) is 4.26. The summed E-state index contributed by atoms with van der Waals surface area (Å²) in [5.74, 6) is 0. The van der Waals surface area contributed by atoms with Crippen molar-refractivity contribution in [3.05, 3.63) is 33.8 Å². The first-order chi connectivity index (χ1) is 9.45. The van der Waals surface area contributed by atoms with Gasteiger partial charge in [0.1, 0.15) is 0 Å². The van der Waals surface area contributed by atoms with Crippen LogP contribution < -0.4 is 5.32 Å². The molecule has 0 unspecified atom stereocenters. The molecule has 1 saturated heterocycles. The van der Waals surface area contributed by atoms with Crippen LogP contribution in [0.3, 0.4) is 0 Å². The molecular formula is C14H19ClN2O2S. The van der Waals surface area contributed by atoms with Gasteiger partial charge in [-0.05, 0) is 54.6 Å². The molecule has 1 aromatic rings. The largest absolute Gasteiger partial charge is 0.310 e. The third-order valence-electron chi connectivity index (χ3n) is 4.20. The Balaban J connectivity index is 1.99. The van der Waals surface area contributed by atoms with Crippen molar-refractivity contribution in [2.75, 3.05) is 19.3 Å². The van der Waals surface area contributed by atoms with E-state index >= 15 is 0 Å². The fraction of sp³-hybridized carbons (Fsp3) is 0.571. The van der Waals surface area contributed by atoms with Crippen LogP contribution in [0.1, 0.15) is 35.6 Å². The quantitative estimate of drug-likeness (QED) is 0.909. The molecule has 1 N–H and O–H groups in total. The molecule has 0 amide bonds. The van der Waals surface area contributed by atoms with Gasteiger partial charge < -0.3 is 5.32 Å². The summed E-state index contributed by atoms with van der Waals surface area (Å²) in [6.07, 6.45) is 4.35. The lowest BCUT2D eigenvalue weighted by Crippen LogP contribution is -2.36. The number of benzene rings is 1. The molecule has 2 heterocycles. The number of sulfonamides is 1. The molecule has 0 saturated carbocycles.